The SMILES string of the molecule is CC#CCNCc1conc1C. The van der Waals surface area contributed by atoms with Crippen LogP contribution in [0.25, 0.3) is 0 Å². The van der Waals surface area contributed by atoms with E-state index in [1.54, 1.807) is 6.26 Å². The molecule has 0 unspecified atom stereocenters. The van der Waals surface area contributed by atoms with Gasteiger partial charge < -0.3 is 9.84 Å². The van der Waals surface area contributed by atoms with Crippen LogP contribution in [0.5, 0.6) is 0 Å². The van der Waals surface area contributed by atoms with Crippen LogP contribution < -0.4 is 5.32 Å². The number of nitrogens with one attached hydrogen (secondary N) is 1. The average Bonchev–Trinajstić information content (AvgIpc) is 2.46. The normalized spacial score (nSPS) is 9.17. The smallest absolute Gasteiger partial charge is 0.128 e. The van der Waals surface area contributed by atoms with E-state index in [2.05, 4.69) is 22.3 Å². The van der Waals surface area contributed by atoms with Gasteiger partial charge >= 0.3 is 0 Å². The summed E-state index contributed by atoms with van der Waals surface area (Å²) in [6.07, 6.45) is 1.65. The highest BCUT2D eigenvalue weighted by atomic mass is 16.5. The summed E-state index contributed by atoms with van der Waals surface area (Å²) in [4.78, 5) is 0. The zero-order valence-corrected chi connectivity index (χ0v) is 7.35. The van der Waals surface area contributed by atoms with E-state index < -0.39 is 0 Å². The highest BCUT2D eigenvalue weighted by Gasteiger charge is 1.99. The highest BCUT2D eigenvalue weighted by molar-refractivity contribution is 5.12. The second kappa shape index (κ2) is 4.58. The van der Waals surface area contributed by atoms with Gasteiger partial charge in [0, 0.05) is 12.1 Å². The zero-order chi connectivity index (χ0) is 8.81. The summed E-state index contributed by atoms with van der Waals surface area (Å²) in [6, 6.07) is 0. The molecule has 0 spiro atoms. The fourth-order valence-corrected chi connectivity index (χ4v) is 0.831. The largest absolute Gasteiger partial charge is 0.364 e. The molecular weight excluding hydrogens is 152 g/mol. The lowest BCUT2D eigenvalue weighted by Gasteiger charge is -1.96. The van der Waals surface area contributed by atoms with E-state index in [0.29, 0.717) is 6.54 Å². The summed E-state index contributed by atoms with van der Waals surface area (Å²) in [6.45, 7) is 5.23. The lowest BCUT2D eigenvalue weighted by atomic mass is 10.3. The van der Waals surface area contributed by atoms with Crippen LogP contribution >= 0.6 is 0 Å². The first-order valence-corrected chi connectivity index (χ1v) is 3.84. The van der Waals surface area contributed by atoms with Crippen molar-refractivity contribution < 1.29 is 4.52 Å². The molecule has 0 aliphatic heterocycles. The van der Waals surface area contributed by atoms with Crippen molar-refractivity contribution in [3.63, 3.8) is 0 Å². The minimum Gasteiger partial charge on any atom is -0.364 e. The van der Waals surface area contributed by atoms with Crippen molar-refractivity contribution in [2.24, 2.45) is 0 Å². The second-order valence-corrected chi connectivity index (χ2v) is 2.46. The molecule has 0 aliphatic rings. The van der Waals surface area contributed by atoms with Gasteiger partial charge in [-0.3, -0.25) is 0 Å². The van der Waals surface area contributed by atoms with Gasteiger partial charge in [0.25, 0.3) is 0 Å². The van der Waals surface area contributed by atoms with Crippen molar-refractivity contribution in [2.45, 2.75) is 20.4 Å². The van der Waals surface area contributed by atoms with Crippen molar-refractivity contribution >= 4 is 0 Å². The molecule has 0 fully saturated rings. The first kappa shape index (κ1) is 8.82. The summed E-state index contributed by atoms with van der Waals surface area (Å²) in [7, 11) is 0. The first-order valence-electron chi connectivity index (χ1n) is 3.84. The molecule has 0 saturated heterocycles. The van der Waals surface area contributed by atoms with Crippen LogP contribution in [0.1, 0.15) is 18.2 Å². The zero-order valence-electron chi connectivity index (χ0n) is 7.35. The number of aromatic nitrogens is 1. The summed E-state index contributed by atoms with van der Waals surface area (Å²) >= 11 is 0. The van der Waals surface area contributed by atoms with E-state index in [0.717, 1.165) is 17.8 Å². The lowest BCUT2D eigenvalue weighted by molar-refractivity contribution is 0.414. The quantitative estimate of drug-likeness (QED) is 0.537. The number of rotatable bonds is 3. The Balaban J connectivity index is 2.32. The van der Waals surface area contributed by atoms with Crippen LogP contribution in [-0.4, -0.2) is 11.7 Å². The van der Waals surface area contributed by atoms with Crippen molar-refractivity contribution in [2.75, 3.05) is 6.54 Å². The predicted octanol–water partition coefficient (Wildman–Crippen LogP) is 1.10. The van der Waals surface area contributed by atoms with Gasteiger partial charge in [-0.15, -0.1) is 5.92 Å². The molecular formula is C9H12N2O. The van der Waals surface area contributed by atoms with Crippen molar-refractivity contribution in [3.05, 3.63) is 17.5 Å². The highest BCUT2D eigenvalue weighted by Crippen LogP contribution is 2.02. The Morgan fingerprint density at radius 3 is 3.08 bits per heavy atom. The van der Waals surface area contributed by atoms with Crippen molar-refractivity contribution in [1.82, 2.24) is 10.5 Å². The standard InChI is InChI=1S/C9H12N2O/c1-3-4-5-10-6-9-7-12-11-8(9)2/h7,10H,5-6H2,1-2H3. The minimum absolute atomic E-state index is 0.709. The second-order valence-electron chi connectivity index (χ2n) is 2.46. The summed E-state index contributed by atoms with van der Waals surface area (Å²) < 4.78 is 4.78. The molecule has 1 aromatic heterocycles. The van der Waals surface area contributed by atoms with E-state index in [9.17, 15) is 0 Å². The van der Waals surface area contributed by atoms with Crippen molar-refractivity contribution in [1.29, 1.82) is 0 Å². The van der Waals surface area contributed by atoms with Crippen LogP contribution in [0, 0.1) is 18.8 Å². The Morgan fingerprint density at radius 2 is 2.50 bits per heavy atom. The van der Waals surface area contributed by atoms with Crippen LogP contribution in [0.4, 0.5) is 0 Å². The molecule has 0 bridgehead atoms. The molecule has 0 saturated carbocycles. The van der Waals surface area contributed by atoms with Crippen LogP contribution in [0.2, 0.25) is 0 Å². The molecule has 64 valence electrons. The number of aryl methyl sites for hydroxylation is 1. The van der Waals surface area contributed by atoms with Crippen LogP contribution in [0.15, 0.2) is 10.8 Å². The summed E-state index contributed by atoms with van der Waals surface area (Å²) in [5.41, 5.74) is 2.03. The number of hydrogen-bond acceptors (Lipinski definition) is 3. The predicted molar refractivity (Wildman–Crippen MR) is 46.4 cm³/mol. The Morgan fingerprint density at radius 1 is 1.67 bits per heavy atom. The fourth-order valence-electron chi connectivity index (χ4n) is 0.831. The van der Waals surface area contributed by atoms with Gasteiger partial charge in [-0.2, -0.15) is 0 Å². The maximum absolute atomic E-state index is 4.78. The Hall–Kier alpha value is -1.27. The van der Waals surface area contributed by atoms with E-state index in [-0.39, 0.29) is 0 Å². The van der Waals surface area contributed by atoms with Gasteiger partial charge in [0.15, 0.2) is 0 Å². The Labute approximate surface area is 72.1 Å². The minimum atomic E-state index is 0.709. The van der Waals surface area contributed by atoms with Gasteiger partial charge in [0.05, 0.1) is 12.2 Å². The van der Waals surface area contributed by atoms with Crippen molar-refractivity contribution in [3.8, 4) is 11.8 Å². The topological polar surface area (TPSA) is 38.1 Å². The number of hydrogen-bond donors (Lipinski definition) is 1. The van der Waals surface area contributed by atoms with Gasteiger partial charge in [-0.25, -0.2) is 0 Å². The molecule has 0 radical (unpaired) electrons. The summed E-state index contributed by atoms with van der Waals surface area (Å²) in [5, 5.41) is 6.92. The van der Waals surface area contributed by atoms with Gasteiger partial charge in [-0.1, -0.05) is 11.1 Å². The summed E-state index contributed by atoms with van der Waals surface area (Å²) in [5.74, 6) is 5.73. The third-order valence-corrected chi connectivity index (χ3v) is 1.55. The molecule has 12 heavy (non-hydrogen) atoms. The molecule has 3 heteroatoms. The van der Waals surface area contributed by atoms with Gasteiger partial charge in [0.2, 0.25) is 0 Å². The fraction of sp³-hybridized carbons (Fsp3) is 0.444. The Bertz CT molecular complexity index is 293. The molecule has 1 N–H and O–H groups in total. The molecule has 1 rings (SSSR count). The average molecular weight is 164 g/mol. The molecule has 1 aromatic rings. The number of nitrogens with zero attached hydrogens (tertiary/aromatic N) is 1. The Kier molecular flexibility index (Phi) is 3.36. The monoisotopic (exact) mass is 164 g/mol. The molecule has 0 amide bonds. The maximum atomic E-state index is 4.78. The van der Waals surface area contributed by atoms with Crippen LogP contribution in [0.3, 0.4) is 0 Å². The van der Waals surface area contributed by atoms with E-state index >= 15 is 0 Å². The van der Waals surface area contributed by atoms with Gasteiger partial charge in [0.1, 0.15) is 6.26 Å². The molecule has 1 heterocycles. The molecule has 3 nitrogen and oxygen atoms in total. The van der Waals surface area contributed by atoms with E-state index in [1.165, 1.54) is 0 Å². The van der Waals surface area contributed by atoms with E-state index in [1.807, 2.05) is 13.8 Å². The van der Waals surface area contributed by atoms with E-state index in [4.69, 9.17) is 4.52 Å². The lowest BCUT2D eigenvalue weighted by Crippen LogP contribution is -2.13. The maximum Gasteiger partial charge on any atom is 0.128 e. The molecule has 0 aromatic carbocycles. The molecule has 0 aliphatic carbocycles. The first-order chi connectivity index (χ1) is 5.84. The third-order valence-electron chi connectivity index (χ3n) is 1.55. The van der Waals surface area contributed by atoms with Gasteiger partial charge in [-0.05, 0) is 13.8 Å². The van der Waals surface area contributed by atoms with Crippen LogP contribution in [-0.2, 0) is 6.54 Å². The third kappa shape index (κ3) is 2.40. The molecule has 0 atom stereocenters.